The van der Waals surface area contributed by atoms with Crippen LogP contribution in [0.1, 0.15) is 18.9 Å². The summed E-state index contributed by atoms with van der Waals surface area (Å²) in [5.74, 6) is 0.941. The van der Waals surface area contributed by atoms with Gasteiger partial charge in [-0.05, 0) is 41.5 Å². The molecule has 2 aromatic rings. The Kier molecular flexibility index (Phi) is 5.07. The van der Waals surface area contributed by atoms with E-state index in [2.05, 4.69) is 15.5 Å². The molecular weight excluding hydrogens is 347 g/mol. The normalized spacial score (nSPS) is 15.8. The summed E-state index contributed by atoms with van der Waals surface area (Å²) in [6, 6.07) is 5.38. The van der Waals surface area contributed by atoms with Gasteiger partial charge in [0.1, 0.15) is 12.4 Å². The van der Waals surface area contributed by atoms with Gasteiger partial charge >= 0.3 is 0 Å². The SMILES string of the molecule is OC(COc1ccc(Cl)cc1Cl)CSc1nnnn1C1CC1. The van der Waals surface area contributed by atoms with Gasteiger partial charge in [-0.1, -0.05) is 35.0 Å². The van der Waals surface area contributed by atoms with Crippen LogP contribution in [0, 0.1) is 0 Å². The lowest BCUT2D eigenvalue weighted by molar-refractivity contribution is 0.126. The Hall–Kier alpha value is -1.02. The molecule has 0 spiro atoms. The van der Waals surface area contributed by atoms with E-state index < -0.39 is 6.10 Å². The number of aromatic nitrogens is 4. The molecule has 1 heterocycles. The highest BCUT2D eigenvalue weighted by Gasteiger charge is 2.28. The van der Waals surface area contributed by atoms with E-state index in [0.717, 1.165) is 18.0 Å². The van der Waals surface area contributed by atoms with E-state index in [1.165, 1.54) is 11.8 Å². The van der Waals surface area contributed by atoms with Crippen molar-refractivity contribution in [2.24, 2.45) is 0 Å². The maximum atomic E-state index is 10.0. The van der Waals surface area contributed by atoms with Crippen LogP contribution < -0.4 is 4.74 Å². The summed E-state index contributed by atoms with van der Waals surface area (Å²) < 4.78 is 7.31. The van der Waals surface area contributed by atoms with Crippen molar-refractivity contribution in [1.82, 2.24) is 20.2 Å². The van der Waals surface area contributed by atoms with E-state index in [0.29, 0.717) is 27.6 Å². The fourth-order valence-electron chi connectivity index (χ4n) is 1.83. The van der Waals surface area contributed by atoms with Crippen LogP contribution in [0.5, 0.6) is 5.75 Å². The molecule has 1 unspecified atom stereocenters. The third-order valence-corrected chi connectivity index (χ3v) is 4.69. The average Bonchev–Trinajstić information content (AvgIpc) is 3.23. The van der Waals surface area contributed by atoms with Gasteiger partial charge in [0.15, 0.2) is 0 Å². The van der Waals surface area contributed by atoms with Crippen molar-refractivity contribution in [3.63, 3.8) is 0 Å². The number of benzene rings is 1. The van der Waals surface area contributed by atoms with Crippen molar-refractivity contribution < 1.29 is 9.84 Å². The van der Waals surface area contributed by atoms with Crippen LogP contribution in [0.4, 0.5) is 0 Å². The molecule has 1 saturated carbocycles. The molecule has 1 aliphatic carbocycles. The molecule has 0 radical (unpaired) electrons. The zero-order chi connectivity index (χ0) is 15.5. The van der Waals surface area contributed by atoms with Crippen molar-refractivity contribution in [1.29, 1.82) is 0 Å². The summed E-state index contributed by atoms with van der Waals surface area (Å²) in [5.41, 5.74) is 0. The summed E-state index contributed by atoms with van der Waals surface area (Å²) in [6.07, 6.45) is 1.57. The molecule has 22 heavy (non-hydrogen) atoms. The summed E-state index contributed by atoms with van der Waals surface area (Å²) >= 11 is 13.2. The molecule has 0 saturated heterocycles. The van der Waals surface area contributed by atoms with Crippen LogP contribution >= 0.6 is 35.0 Å². The number of nitrogens with zero attached hydrogens (tertiary/aromatic N) is 4. The molecule has 0 amide bonds. The number of aliphatic hydroxyl groups is 1. The predicted octanol–water partition coefficient (Wildman–Crippen LogP) is 2.85. The minimum Gasteiger partial charge on any atom is -0.489 e. The first-order chi connectivity index (χ1) is 10.6. The minimum atomic E-state index is -0.652. The largest absolute Gasteiger partial charge is 0.489 e. The molecule has 118 valence electrons. The van der Waals surface area contributed by atoms with Gasteiger partial charge in [-0.15, -0.1) is 5.10 Å². The first kappa shape index (κ1) is 15.9. The van der Waals surface area contributed by atoms with Crippen LogP contribution in [-0.4, -0.2) is 43.8 Å². The van der Waals surface area contributed by atoms with E-state index >= 15 is 0 Å². The van der Waals surface area contributed by atoms with Gasteiger partial charge in [-0.2, -0.15) is 0 Å². The lowest BCUT2D eigenvalue weighted by Gasteiger charge is -2.13. The number of aliphatic hydroxyl groups excluding tert-OH is 1. The average molecular weight is 361 g/mol. The van der Waals surface area contributed by atoms with Gasteiger partial charge in [0, 0.05) is 10.8 Å². The summed E-state index contributed by atoms with van der Waals surface area (Å²) in [4.78, 5) is 0. The Bertz CT molecular complexity index is 651. The lowest BCUT2D eigenvalue weighted by atomic mass is 10.3. The molecule has 9 heteroatoms. The number of thioether (sulfide) groups is 1. The van der Waals surface area contributed by atoms with Crippen LogP contribution in [-0.2, 0) is 0 Å². The molecule has 1 N–H and O–H groups in total. The minimum absolute atomic E-state index is 0.138. The highest BCUT2D eigenvalue weighted by atomic mass is 35.5. The monoisotopic (exact) mass is 360 g/mol. The van der Waals surface area contributed by atoms with Crippen LogP contribution in [0.25, 0.3) is 0 Å². The molecule has 1 aromatic heterocycles. The Morgan fingerprint density at radius 2 is 2.23 bits per heavy atom. The van der Waals surface area contributed by atoms with Gasteiger partial charge in [-0.25, -0.2) is 4.68 Å². The second kappa shape index (κ2) is 7.04. The maximum Gasteiger partial charge on any atom is 0.209 e. The number of hydrogen-bond donors (Lipinski definition) is 1. The second-order valence-corrected chi connectivity index (χ2v) is 6.82. The Morgan fingerprint density at radius 1 is 1.41 bits per heavy atom. The van der Waals surface area contributed by atoms with Crippen molar-refractivity contribution in [3.05, 3.63) is 28.2 Å². The quantitative estimate of drug-likeness (QED) is 0.765. The van der Waals surface area contributed by atoms with E-state index in [1.54, 1.807) is 18.2 Å². The van der Waals surface area contributed by atoms with Gasteiger partial charge in [0.05, 0.1) is 17.2 Å². The van der Waals surface area contributed by atoms with Crippen molar-refractivity contribution in [3.8, 4) is 5.75 Å². The first-order valence-electron chi connectivity index (χ1n) is 6.80. The number of tetrazole rings is 1. The Morgan fingerprint density at radius 3 is 2.95 bits per heavy atom. The third kappa shape index (κ3) is 4.04. The van der Waals surface area contributed by atoms with Crippen LogP contribution in [0.2, 0.25) is 10.0 Å². The molecule has 1 aromatic carbocycles. The highest BCUT2D eigenvalue weighted by molar-refractivity contribution is 7.99. The molecule has 1 atom stereocenters. The standard InChI is InChI=1S/C13H14Cl2N4O2S/c14-8-1-4-12(11(15)5-8)21-6-10(20)7-22-13-16-17-18-19(13)9-2-3-9/h1,4-5,9-10,20H,2-3,6-7H2. The van der Waals surface area contributed by atoms with E-state index in [9.17, 15) is 5.11 Å². The molecule has 0 aliphatic heterocycles. The Balaban J connectivity index is 1.48. The van der Waals surface area contributed by atoms with E-state index in [4.69, 9.17) is 27.9 Å². The maximum absolute atomic E-state index is 10.0. The van der Waals surface area contributed by atoms with Gasteiger partial charge in [0.25, 0.3) is 0 Å². The number of ether oxygens (including phenoxy) is 1. The van der Waals surface area contributed by atoms with E-state index in [-0.39, 0.29) is 6.61 Å². The molecule has 3 rings (SSSR count). The van der Waals surface area contributed by atoms with Crippen molar-refractivity contribution in [2.45, 2.75) is 30.1 Å². The Labute approximate surface area is 141 Å². The number of rotatable bonds is 7. The van der Waals surface area contributed by atoms with E-state index in [1.807, 2.05) is 4.68 Å². The van der Waals surface area contributed by atoms with Gasteiger partial charge in [-0.3, -0.25) is 0 Å². The summed E-state index contributed by atoms with van der Waals surface area (Å²) in [7, 11) is 0. The lowest BCUT2D eigenvalue weighted by Crippen LogP contribution is -2.20. The van der Waals surface area contributed by atoms with Gasteiger partial charge in [0.2, 0.25) is 5.16 Å². The fourth-order valence-corrected chi connectivity index (χ4v) is 3.14. The van der Waals surface area contributed by atoms with Crippen molar-refractivity contribution in [2.75, 3.05) is 12.4 Å². The molecular formula is C13H14Cl2N4O2S. The molecule has 1 fully saturated rings. The topological polar surface area (TPSA) is 73.1 Å². The zero-order valence-corrected chi connectivity index (χ0v) is 13.9. The van der Waals surface area contributed by atoms with Gasteiger partial charge < -0.3 is 9.84 Å². The highest BCUT2D eigenvalue weighted by Crippen LogP contribution is 2.36. The smallest absolute Gasteiger partial charge is 0.209 e. The first-order valence-corrected chi connectivity index (χ1v) is 8.54. The van der Waals surface area contributed by atoms with Crippen LogP contribution in [0.3, 0.4) is 0 Å². The van der Waals surface area contributed by atoms with Crippen LogP contribution in [0.15, 0.2) is 23.4 Å². The molecule has 6 nitrogen and oxygen atoms in total. The molecule has 0 bridgehead atoms. The molecule has 1 aliphatic rings. The fraction of sp³-hybridized carbons (Fsp3) is 0.462. The number of halogens is 2. The predicted molar refractivity (Wildman–Crippen MR) is 84.8 cm³/mol. The number of hydrogen-bond acceptors (Lipinski definition) is 6. The summed E-state index contributed by atoms with van der Waals surface area (Å²) in [6.45, 7) is 0.138. The summed E-state index contributed by atoms with van der Waals surface area (Å²) in [5, 5.41) is 23.3. The zero-order valence-electron chi connectivity index (χ0n) is 11.5. The van der Waals surface area contributed by atoms with Crippen molar-refractivity contribution >= 4 is 35.0 Å². The second-order valence-electron chi connectivity index (χ2n) is 4.99. The third-order valence-electron chi connectivity index (χ3n) is 3.09.